The summed E-state index contributed by atoms with van der Waals surface area (Å²) in [7, 11) is -9.49. The molecule has 2 aromatic carbocycles. The Hall–Kier alpha value is -2.14. The summed E-state index contributed by atoms with van der Waals surface area (Å²) >= 11 is 0. The lowest BCUT2D eigenvalue weighted by Gasteiger charge is -2.19. The van der Waals surface area contributed by atoms with Gasteiger partial charge < -0.3 is 0 Å². The predicted molar refractivity (Wildman–Crippen MR) is 78.2 cm³/mol. The third kappa shape index (κ3) is 2.45. The minimum Gasteiger partial charge on any atom is -0.282 e. The topological polar surface area (TPSA) is 133 Å². The van der Waals surface area contributed by atoms with E-state index in [9.17, 15) is 25.9 Å². The molecule has 1 unspecified atom stereocenters. The molecule has 3 rings (SSSR count). The molecular weight excluding hydrogens is 344 g/mol. The molecule has 2 aromatic rings. The predicted octanol–water partition coefficient (Wildman–Crippen LogP) is -0.116. The number of benzene rings is 2. The molecule has 2 N–H and O–H groups in total. The van der Waals surface area contributed by atoms with Gasteiger partial charge in [-0.15, -0.1) is 0 Å². The second-order valence-corrected chi connectivity index (χ2v) is 7.68. The van der Waals surface area contributed by atoms with E-state index in [0.717, 1.165) is 6.07 Å². The molecule has 1 aliphatic heterocycles. The average molecular weight is 354 g/mol. The van der Waals surface area contributed by atoms with Crippen LogP contribution in [-0.2, 0) is 25.2 Å². The van der Waals surface area contributed by atoms with Crippen LogP contribution in [0.15, 0.2) is 63.4 Å². The van der Waals surface area contributed by atoms with Crippen molar-refractivity contribution in [3.05, 3.63) is 64.8 Å². The molecule has 23 heavy (non-hydrogen) atoms. The van der Waals surface area contributed by atoms with Gasteiger partial charge in [0.05, 0.1) is 5.36 Å². The zero-order valence-corrected chi connectivity index (χ0v) is 13.0. The van der Waals surface area contributed by atoms with Crippen LogP contribution in [0.25, 0.3) is 0 Å². The van der Waals surface area contributed by atoms with Crippen LogP contribution in [0.5, 0.6) is 0 Å². The summed E-state index contributed by atoms with van der Waals surface area (Å²) in [6, 6.07) is 11.2. The van der Waals surface area contributed by atoms with Gasteiger partial charge in [-0.25, -0.2) is 9.98 Å². The van der Waals surface area contributed by atoms with Gasteiger partial charge in [0, 0.05) is 5.56 Å². The quantitative estimate of drug-likeness (QED) is 0.739. The van der Waals surface area contributed by atoms with Gasteiger partial charge in [-0.2, -0.15) is 16.8 Å². The number of fused-ring (bicyclic) bond motifs is 1. The maximum Gasteiger partial charge on any atom is 0.317 e. The monoisotopic (exact) mass is 354 g/mol. The molecule has 0 aromatic heterocycles. The van der Waals surface area contributed by atoms with E-state index >= 15 is 0 Å². The number of rotatable bonds is 3. The lowest BCUT2D eigenvalue weighted by molar-refractivity contribution is 0.433. The zero-order chi connectivity index (χ0) is 16.9. The molecule has 0 saturated heterocycles. The van der Waals surface area contributed by atoms with Crippen LogP contribution >= 0.6 is 0 Å². The van der Waals surface area contributed by atoms with Gasteiger partial charge in [-0.3, -0.25) is 9.11 Å². The maximum absolute atomic E-state index is 11.9. The van der Waals surface area contributed by atoms with Gasteiger partial charge in [0.25, 0.3) is 10.1 Å². The fraction of sp³-hybridized carbons (Fsp3) is 0.0769. The molecular formula is C13H10N2O6S2. The molecule has 0 spiro atoms. The highest BCUT2D eigenvalue weighted by Crippen LogP contribution is 2.33. The normalized spacial score (nSPS) is 20.4. The molecule has 1 aliphatic rings. The van der Waals surface area contributed by atoms with Crippen molar-refractivity contribution in [2.75, 3.05) is 0 Å². The number of hydrogen-bond acceptors (Lipinski definition) is 6. The summed E-state index contributed by atoms with van der Waals surface area (Å²) in [4.78, 5) is 4.78. The zero-order valence-electron chi connectivity index (χ0n) is 11.4. The smallest absolute Gasteiger partial charge is 0.282 e. The van der Waals surface area contributed by atoms with Gasteiger partial charge in [0.1, 0.15) is 10.3 Å². The Morgan fingerprint density at radius 2 is 1.48 bits per heavy atom. The number of para-hydroxylation sites is 1. The molecule has 8 nitrogen and oxygen atoms in total. The average Bonchev–Trinajstić information content (AvgIpc) is 2.87. The highest BCUT2D eigenvalue weighted by atomic mass is 32.2. The van der Waals surface area contributed by atoms with Crippen molar-refractivity contribution in [2.24, 2.45) is 9.98 Å². The van der Waals surface area contributed by atoms with Crippen LogP contribution in [0, 0.1) is 0 Å². The Balaban J connectivity index is 2.46. The largest absolute Gasteiger partial charge is 0.317 e. The standard InChI is InChI=1S/C13H10N2O6S2/c16-22(17,18)11-8-4-7-10-12(11)15-13(14-10,23(19,20)21)9-5-2-1-3-6-9/h1-8H,(H,16,17,18)(H,19,20,21). The fourth-order valence-corrected chi connectivity index (χ4v) is 3.81. The lowest BCUT2D eigenvalue weighted by atomic mass is 10.2. The van der Waals surface area contributed by atoms with Gasteiger partial charge in [0.2, 0.25) is 0 Å². The van der Waals surface area contributed by atoms with Crippen molar-refractivity contribution >= 4 is 20.2 Å². The van der Waals surface area contributed by atoms with E-state index in [0.29, 0.717) is 0 Å². The summed E-state index contributed by atoms with van der Waals surface area (Å²) in [6.45, 7) is 0. The highest BCUT2D eigenvalue weighted by Gasteiger charge is 2.47. The third-order valence-electron chi connectivity index (χ3n) is 3.30. The molecule has 120 valence electrons. The Morgan fingerprint density at radius 1 is 0.826 bits per heavy atom. The van der Waals surface area contributed by atoms with Gasteiger partial charge in [-0.1, -0.05) is 36.4 Å². The van der Waals surface area contributed by atoms with Crippen molar-refractivity contribution in [2.45, 2.75) is 9.89 Å². The first-order valence-electron chi connectivity index (χ1n) is 6.24. The van der Waals surface area contributed by atoms with Gasteiger partial charge >= 0.3 is 15.1 Å². The first kappa shape index (κ1) is 15.7. The van der Waals surface area contributed by atoms with E-state index in [1.54, 1.807) is 6.07 Å². The van der Waals surface area contributed by atoms with Crippen molar-refractivity contribution in [1.82, 2.24) is 0 Å². The molecule has 0 aliphatic carbocycles. The Kier molecular flexibility index (Phi) is 3.37. The Labute approximate surface area is 131 Å². The molecule has 1 heterocycles. The van der Waals surface area contributed by atoms with E-state index in [4.69, 9.17) is 0 Å². The van der Waals surface area contributed by atoms with E-state index in [1.807, 2.05) is 0 Å². The van der Waals surface area contributed by atoms with Crippen molar-refractivity contribution < 1.29 is 25.9 Å². The first-order valence-corrected chi connectivity index (χ1v) is 9.12. The Morgan fingerprint density at radius 3 is 2.04 bits per heavy atom. The second kappa shape index (κ2) is 4.93. The van der Waals surface area contributed by atoms with Crippen molar-refractivity contribution in [3.8, 4) is 0 Å². The van der Waals surface area contributed by atoms with Crippen LogP contribution in [0.4, 0.5) is 0 Å². The Bertz CT molecular complexity index is 1110. The summed E-state index contributed by atoms with van der Waals surface area (Å²) < 4.78 is 65.7. The summed E-state index contributed by atoms with van der Waals surface area (Å²) in [6.07, 6.45) is 0. The third-order valence-corrected chi connectivity index (χ3v) is 5.32. The van der Waals surface area contributed by atoms with Crippen LogP contribution in [0.1, 0.15) is 5.56 Å². The SMILES string of the molecule is O=S(=O)(O)c1cccc2c1=NC(c1ccccc1)(S(=O)(=O)O)N=2. The van der Waals surface area contributed by atoms with Gasteiger partial charge in [-0.05, 0) is 12.1 Å². The highest BCUT2D eigenvalue weighted by molar-refractivity contribution is 7.86. The fourth-order valence-electron chi connectivity index (χ4n) is 2.31. The van der Waals surface area contributed by atoms with Crippen molar-refractivity contribution in [3.63, 3.8) is 0 Å². The molecule has 0 saturated carbocycles. The minimum atomic E-state index is -4.86. The molecule has 0 bridgehead atoms. The first-order chi connectivity index (χ1) is 10.7. The van der Waals surface area contributed by atoms with E-state index < -0.39 is 30.1 Å². The maximum atomic E-state index is 11.9. The van der Waals surface area contributed by atoms with E-state index in [-0.39, 0.29) is 16.3 Å². The van der Waals surface area contributed by atoms with Crippen LogP contribution in [0.2, 0.25) is 0 Å². The molecule has 0 fully saturated rings. The van der Waals surface area contributed by atoms with Crippen LogP contribution in [0.3, 0.4) is 0 Å². The number of hydrogen-bond donors (Lipinski definition) is 2. The van der Waals surface area contributed by atoms with Crippen LogP contribution < -0.4 is 10.7 Å². The second-order valence-electron chi connectivity index (χ2n) is 4.77. The summed E-state index contributed by atoms with van der Waals surface area (Å²) in [5.41, 5.74) is 0.0417. The summed E-state index contributed by atoms with van der Waals surface area (Å²) in [5.74, 6) is 0. The molecule has 10 heteroatoms. The minimum absolute atomic E-state index is 0.0417. The van der Waals surface area contributed by atoms with Crippen molar-refractivity contribution in [1.29, 1.82) is 0 Å². The molecule has 1 atom stereocenters. The lowest BCUT2D eigenvalue weighted by Crippen LogP contribution is -2.31. The summed E-state index contributed by atoms with van der Waals surface area (Å²) in [5, 5.41) is -0.391. The number of nitrogens with zero attached hydrogens (tertiary/aromatic N) is 2. The van der Waals surface area contributed by atoms with E-state index in [2.05, 4.69) is 9.98 Å². The molecule has 0 radical (unpaired) electrons. The molecule has 0 amide bonds. The van der Waals surface area contributed by atoms with E-state index in [1.165, 1.54) is 36.4 Å². The van der Waals surface area contributed by atoms with Gasteiger partial charge in [0.15, 0.2) is 0 Å². The van der Waals surface area contributed by atoms with Crippen LogP contribution in [-0.4, -0.2) is 25.9 Å².